The maximum absolute atomic E-state index is 11.6. The third kappa shape index (κ3) is 6.97. The van der Waals surface area contributed by atoms with Crippen molar-refractivity contribution in [1.82, 2.24) is 0 Å². The van der Waals surface area contributed by atoms with Crippen LogP contribution >= 0.6 is 0 Å². The van der Waals surface area contributed by atoms with Gasteiger partial charge in [0.25, 0.3) is 0 Å². The molecule has 0 amide bonds. The van der Waals surface area contributed by atoms with Gasteiger partial charge in [0.2, 0.25) is 0 Å². The molecule has 104 valence electrons. The van der Waals surface area contributed by atoms with E-state index in [4.69, 9.17) is 21.7 Å². The summed E-state index contributed by atoms with van der Waals surface area (Å²) in [4.78, 5) is 32.5. The molecule has 0 bridgehead atoms. The molecule has 7 heteroatoms. The van der Waals surface area contributed by atoms with Gasteiger partial charge in [0.15, 0.2) is 0 Å². The van der Waals surface area contributed by atoms with Gasteiger partial charge in [-0.1, -0.05) is 6.92 Å². The number of Topliss-reactive ketones (excluding diaryl/α,β-unsaturated/α-hetero) is 1. The molecule has 0 spiro atoms. The van der Waals surface area contributed by atoms with Gasteiger partial charge in [-0.25, -0.2) is 0 Å². The van der Waals surface area contributed by atoms with Gasteiger partial charge >= 0.3 is 11.9 Å². The summed E-state index contributed by atoms with van der Waals surface area (Å²) in [5.41, 5.74) is 10.9. The number of nitrogens with two attached hydrogens (primary N) is 2. The predicted molar refractivity (Wildman–Crippen MR) is 63.9 cm³/mol. The highest BCUT2D eigenvalue weighted by Gasteiger charge is 2.21. The lowest BCUT2D eigenvalue weighted by Crippen LogP contribution is -2.35. The van der Waals surface area contributed by atoms with Crippen LogP contribution in [0.3, 0.4) is 0 Å². The van der Waals surface area contributed by atoms with Crippen molar-refractivity contribution < 1.29 is 24.6 Å². The number of rotatable bonds is 9. The minimum absolute atomic E-state index is 0.0892. The van der Waals surface area contributed by atoms with E-state index in [1.807, 2.05) is 0 Å². The zero-order valence-corrected chi connectivity index (χ0v) is 10.3. The lowest BCUT2D eigenvalue weighted by molar-refractivity contribution is -0.139. The molecule has 0 aromatic carbocycles. The molecule has 0 saturated carbocycles. The number of aliphatic carboxylic acids is 2. The molecule has 2 unspecified atom stereocenters. The molecule has 7 nitrogen and oxygen atoms in total. The van der Waals surface area contributed by atoms with Gasteiger partial charge in [0.1, 0.15) is 11.8 Å². The van der Waals surface area contributed by atoms with Crippen molar-refractivity contribution in [2.75, 3.05) is 0 Å². The molecular formula is C11H20N2O5. The monoisotopic (exact) mass is 260 g/mol. The molecule has 0 aliphatic rings. The van der Waals surface area contributed by atoms with Crippen molar-refractivity contribution in [3.05, 3.63) is 0 Å². The molecular weight excluding hydrogens is 240 g/mol. The number of carbonyl (C=O) groups excluding carboxylic acids is 1. The van der Waals surface area contributed by atoms with Gasteiger partial charge in [-0.2, -0.15) is 0 Å². The molecule has 18 heavy (non-hydrogen) atoms. The molecule has 0 fully saturated rings. The minimum Gasteiger partial charge on any atom is -0.481 e. The molecule has 3 atom stereocenters. The number of ketones is 1. The standard InChI is InChI=1S/C11H20N2O5/c1-6(4-8(13)11(17)18)5-9(14)7(12)2-3-10(15)16/h6-8H,2-5,12-13H2,1H3,(H,15,16)(H,17,18)/t6?,7?,8-/m0/s1. The molecule has 0 aliphatic heterocycles. The Kier molecular flexibility index (Phi) is 7.14. The summed E-state index contributed by atoms with van der Waals surface area (Å²) in [5.74, 6) is -2.57. The van der Waals surface area contributed by atoms with Crippen molar-refractivity contribution in [2.24, 2.45) is 17.4 Å². The van der Waals surface area contributed by atoms with Crippen molar-refractivity contribution in [3.8, 4) is 0 Å². The fraction of sp³-hybridized carbons (Fsp3) is 0.727. The summed E-state index contributed by atoms with van der Waals surface area (Å²) < 4.78 is 0. The first-order valence-electron chi connectivity index (χ1n) is 5.72. The maximum atomic E-state index is 11.6. The Morgan fingerprint density at radius 3 is 2.11 bits per heavy atom. The summed E-state index contributed by atoms with van der Waals surface area (Å²) in [6, 6.07) is -1.81. The summed E-state index contributed by atoms with van der Waals surface area (Å²) in [6.07, 6.45) is 0.232. The van der Waals surface area contributed by atoms with E-state index in [2.05, 4.69) is 0 Å². The van der Waals surface area contributed by atoms with Gasteiger partial charge in [-0.15, -0.1) is 0 Å². The van der Waals surface area contributed by atoms with Gasteiger partial charge in [0, 0.05) is 12.8 Å². The van der Waals surface area contributed by atoms with E-state index >= 15 is 0 Å². The van der Waals surface area contributed by atoms with Crippen molar-refractivity contribution >= 4 is 17.7 Å². The Balaban J connectivity index is 4.06. The second-order valence-electron chi connectivity index (χ2n) is 4.49. The van der Waals surface area contributed by atoms with Gasteiger partial charge in [-0.3, -0.25) is 14.4 Å². The molecule has 6 N–H and O–H groups in total. The lowest BCUT2D eigenvalue weighted by Gasteiger charge is -2.16. The van der Waals surface area contributed by atoms with Crippen LogP contribution in [0, 0.1) is 5.92 Å². The molecule has 0 saturated heterocycles. The van der Waals surface area contributed by atoms with Crippen LogP contribution in [0.5, 0.6) is 0 Å². The normalized spacial score (nSPS) is 15.7. The van der Waals surface area contributed by atoms with Crippen LogP contribution < -0.4 is 11.5 Å². The molecule has 0 radical (unpaired) electrons. The van der Waals surface area contributed by atoms with E-state index in [-0.39, 0.29) is 37.4 Å². The summed E-state index contributed by atoms with van der Waals surface area (Å²) in [7, 11) is 0. The summed E-state index contributed by atoms with van der Waals surface area (Å²) in [6.45, 7) is 1.71. The van der Waals surface area contributed by atoms with E-state index in [1.165, 1.54) is 0 Å². The number of hydrogen-bond donors (Lipinski definition) is 4. The third-order valence-electron chi connectivity index (χ3n) is 2.61. The molecule has 0 aliphatic carbocycles. The first kappa shape index (κ1) is 16.5. The summed E-state index contributed by atoms with van der Waals surface area (Å²) in [5, 5.41) is 17.1. The first-order valence-corrected chi connectivity index (χ1v) is 5.72. The van der Waals surface area contributed by atoms with E-state index in [0.717, 1.165) is 0 Å². The Morgan fingerprint density at radius 2 is 1.67 bits per heavy atom. The topological polar surface area (TPSA) is 144 Å². The molecule has 0 heterocycles. The van der Waals surface area contributed by atoms with Gasteiger partial charge < -0.3 is 21.7 Å². The zero-order chi connectivity index (χ0) is 14.3. The fourth-order valence-electron chi connectivity index (χ4n) is 1.55. The van der Waals surface area contributed by atoms with Gasteiger partial charge in [-0.05, 0) is 18.8 Å². The highest BCUT2D eigenvalue weighted by Crippen LogP contribution is 2.12. The van der Waals surface area contributed by atoms with Crippen molar-refractivity contribution in [2.45, 2.75) is 44.7 Å². The predicted octanol–water partition coefficient (Wildman–Crippen LogP) is -0.424. The van der Waals surface area contributed by atoms with Gasteiger partial charge in [0.05, 0.1) is 6.04 Å². The fourth-order valence-corrected chi connectivity index (χ4v) is 1.55. The van der Waals surface area contributed by atoms with E-state index in [1.54, 1.807) is 6.92 Å². The Labute approximate surface area is 105 Å². The number of carbonyl (C=O) groups is 3. The Hall–Kier alpha value is -1.47. The number of hydrogen-bond acceptors (Lipinski definition) is 5. The lowest BCUT2D eigenvalue weighted by atomic mass is 9.93. The van der Waals surface area contributed by atoms with Crippen molar-refractivity contribution in [3.63, 3.8) is 0 Å². The van der Waals surface area contributed by atoms with Crippen LogP contribution in [0.15, 0.2) is 0 Å². The van der Waals surface area contributed by atoms with E-state index in [0.29, 0.717) is 0 Å². The van der Waals surface area contributed by atoms with Crippen LogP contribution in [-0.4, -0.2) is 40.0 Å². The first-order chi connectivity index (χ1) is 8.23. The van der Waals surface area contributed by atoms with E-state index in [9.17, 15) is 14.4 Å². The largest absolute Gasteiger partial charge is 0.481 e. The maximum Gasteiger partial charge on any atom is 0.320 e. The van der Waals surface area contributed by atoms with Crippen LogP contribution in [0.4, 0.5) is 0 Å². The molecule has 0 aromatic heterocycles. The molecule has 0 rings (SSSR count). The summed E-state index contributed by atoms with van der Waals surface area (Å²) >= 11 is 0. The third-order valence-corrected chi connectivity index (χ3v) is 2.61. The smallest absolute Gasteiger partial charge is 0.320 e. The number of carboxylic acid groups (broad SMARTS) is 2. The zero-order valence-electron chi connectivity index (χ0n) is 10.3. The van der Waals surface area contributed by atoms with E-state index < -0.39 is 24.0 Å². The average molecular weight is 260 g/mol. The van der Waals surface area contributed by atoms with Crippen LogP contribution in [0.2, 0.25) is 0 Å². The quantitative estimate of drug-likeness (QED) is 0.440. The average Bonchev–Trinajstić information content (AvgIpc) is 2.24. The van der Waals surface area contributed by atoms with Crippen LogP contribution in [-0.2, 0) is 14.4 Å². The van der Waals surface area contributed by atoms with Crippen LogP contribution in [0.25, 0.3) is 0 Å². The Bertz CT molecular complexity index is 319. The minimum atomic E-state index is -1.11. The Morgan fingerprint density at radius 1 is 1.11 bits per heavy atom. The second-order valence-corrected chi connectivity index (χ2v) is 4.49. The number of carboxylic acids is 2. The molecule has 0 aromatic rings. The van der Waals surface area contributed by atoms with Crippen molar-refractivity contribution in [1.29, 1.82) is 0 Å². The van der Waals surface area contributed by atoms with Crippen LogP contribution in [0.1, 0.15) is 32.6 Å². The highest BCUT2D eigenvalue weighted by atomic mass is 16.4. The highest BCUT2D eigenvalue weighted by molar-refractivity contribution is 5.84. The SMILES string of the molecule is CC(CC(=O)C(N)CCC(=O)O)C[C@H](N)C(=O)O. The second kappa shape index (κ2) is 7.78.